The summed E-state index contributed by atoms with van der Waals surface area (Å²) in [6.07, 6.45) is -4.46. The summed E-state index contributed by atoms with van der Waals surface area (Å²) in [5, 5.41) is 0.593. The molecule has 4 aromatic rings. The van der Waals surface area contributed by atoms with Crippen LogP contribution in [0.1, 0.15) is 37.5 Å². The quantitative estimate of drug-likeness (QED) is 0.383. The SMILES string of the molecule is O=C1c2ccccc2C(=O)c2c1c1ccccc1n2-c1ccc(C(F)(F)F)cc1. The number of benzene rings is 3. The standard InChI is InChI=1S/C23H12F3NO2/c24-23(25,26)13-9-11-14(12-10-13)27-18-8-4-3-7-17(18)19-20(27)22(29)16-6-2-1-5-15(16)21(19)28/h1-12H. The van der Waals surface area contributed by atoms with Crippen LogP contribution >= 0.6 is 0 Å². The molecule has 5 rings (SSSR count). The van der Waals surface area contributed by atoms with E-state index in [2.05, 4.69) is 0 Å². The van der Waals surface area contributed by atoms with Gasteiger partial charge in [0.05, 0.1) is 16.6 Å². The van der Waals surface area contributed by atoms with Crippen molar-refractivity contribution in [2.75, 3.05) is 0 Å². The third-order valence-electron chi connectivity index (χ3n) is 5.19. The monoisotopic (exact) mass is 391 g/mol. The van der Waals surface area contributed by atoms with Crippen LogP contribution in [0.2, 0.25) is 0 Å². The number of hydrogen-bond donors (Lipinski definition) is 0. The molecule has 1 aliphatic rings. The summed E-state index contributed by atoms with van der Waals surface area (Å²) in [5.74, 6) is -0.594. The van der Waals surface area contributed by atoms with Crippen LogP contribution in [-0.2, 0) is 6.18 Å². The van der Waals surface area contributed by atoms with E-state index >= 15 is 0 Å². The predicted octanol–water partition coefficient (Wildman–Crippen LogP) is 5.42. The zero-order valence-electron chi connectivity index (χ0n) is 14.8. The first-order valence-corrected chi connectivity index (χ1v) is 8.87. The number of ketones is 2. The summed E-state index contributed by atoms with van der Waals surface area (Å²) in [5.41, 5.74) is 1.28. The van der Waals surface area contributed by atoms with E-state index in [1.807, 2.05) is 0 Å². The fourth-order valence-electron chi connectivity index (χ4n) is 3.89. The molecule has 0 spiro atoms. The topological polar surface area (TPSA) is 39.1 Å². The average molecular weight is 391 g/mol. The Kier molecular flexibility index (Phi) is 3.55. The van der Waals surface area contributed by atoms with Crippen molar-refractivity contribution in [3.05, 3.63) is 101 Å². The van der Waals surface area contributed by atoms with E-state index in [-0.39, 0.29) is 22.8 Å². The normalized spacial score (nSPS) is 13.5. The molecule has 0 fully saturated rings. The van der Waals surface area contributed by atoms with E-state index in [0.29, 0.717) is 27.7 Å². The number of fused-ring (bicyclic) bond motifs is 4. The maximum atomic E-state index is 13.3. The van der Waals surface area contributed by atoms with Gasteiger partial charge < -0.3 is 4.57 Å². The van der Waals surface area contributed by atoms with E-state index in [1.165, 1.54) is 12.1 Å². The number of halogens is 3. The van der Waals surface area contributed by atoms with Crippen molar-refractivity contribution in [1.29, 1.82) is 0 Å². The van der Waals surface area contributed by atoms with Crippen molar-refractivity contribution < 1.29 is 22.8 Å². The summed E-state index contributed by atoms with van der Waals surface area (Å²) in [4.78, 5) is 26.5. The summed E-state index contributed by atoms with van der Waals surface area (Å²) in [7, 11) is 0. The second-order valence-corrected chi connectivity index (χ2v) is 6.82. The Bertz CT molecular complexity index is 1310. The number of aromatic nitrogens is 1. The van der Waals surface area contributed by atoms with Gasteiger partial charge in [-0.1, -0.05) is 42.5 Å². The van der Waals surface area contributed by atoms with Gasteiger partial charge in [0.1, 0.15) is 5.69 Å². The molecular formula is C23H12F3NO2. The predicted molar refractivity (Wildman–Crippen MR) is 102 cm³/mol. The number of carbonyl (C=O) groups is 2. The van der Waals surface area contributed by atoms with Crippen LogP contribution in [0.4, 0.5) is 13.2 Å². The highest BCUT2D eigenvalue weighted by Gasteiger charge is 2.36. The van der Waals surface area contributed by atoms with Crippen LogP contribution in [0.3, 0.4) is 0 Å². The van der Waals surface area contributed by atoms with Gasteiger partial charge in [-0.2, -0.15) is 13.2 Å². The van der Waals surface area contributed by atoms with Crippen LogP contribution in [0.15, 0.2) is 72.8 Å². The molecule has 0 aliphatic heterocycles. The van der Waals surface area contributed by atoms with E-state index in [4.69, 9.17) is 0 Å². The van der Waals surface area contributed by atoms with E-state index in [0.717, 1.165) is 12.1 Å². The second-order valence-electron chi connectivity index (χ2n) is 6.82. The van der Waals surface area contributed by atoms with Crippen LogP contribution in [-0.4, -0.2) is 16.1 Å². The molecule has 3 nitrogen and oxygen atoms in total. The third kappa shape index (κ3) is 2.45. The zero-order chi connectivity index (χ0) is 20.3. The molecule has 0 unspecified atom stereocenters. The molecule has 3 aromatic carbocycles. The fraction of sp³-hybridized carbons (Fsp3) is 0.0435. The van der Waals surface area contributed by atoms with Crippen molar-refractivity contribution in [2.24, 2.45) is 0 Å². The Hall–Kier alpha value is -3.67. The molecule has 0 N–H and O–H groups in total. The first-order valence-electron chi connectivity index (χ1n) is 8.87. The second kappa shape index (κ2) is 5.91. The van der Waals surface area contributed by atoms with Crippen molar-refractivity contribution in [1.82, 2.24) is 4.57 Å². The average Bonchev–Trinajstić information content (AvgIpc) is 3.07. The van der Waals surface area contributed by atoms with Gasteiger partial charge in [-0.15, -0.1) is 0 Å². The zero-order valence-corrected chi connectivity index (χ0v) is 14.8. The Morgan fingerprint density at radius 1 is 0.690 bits per heavy atom. The molecule has 6 heteroatoms. The van der Waals surface area contributed by atoms with Crippen LogP contribution in [0.5, 0.6) is 0 Å². The van der Waals surface area contributed by atoms with Crippen LogP contribution < -0.4 is 0 Å². The summed E-state index contributed by atoms with van der Waals surface area (Å²) >= 11 is 0. The van der Waals surface area contributed by atoms with Gasteiger partial charge in [0, 0.05) is 22.2 Å². The first-order chi connectivity index (χ1) is 13.9. The molecule has 0 saturated heterocycles. The van der Waals surface area contributed by atoms with Gasteiger partial charge in [-0.3, -0.25) is 9.59 Å². The molecular weight excluding hydrogens is 379 g/mol. The lowest BCUT2D eigenvalue weighted by Crippen LogP contribution is -2.22. The Morgan fingerprint density at radius 2 is 1.28 bits per heavy atom. The Morgan fingerprint density at radius 3 is 1.93 bits per heavy atom. The highest BCUT2D eigenvalue weighted by Crippen LogP contribution is 2.37. The molecule has 0 atom stereocenters. The highest BCUT2D eigenvalue weighted by molar-refractivity contribution is 6.32. The largest absolute Gasteiger partial charge is 0.416 e. The molecule has 0 amide bonds. The minimum Gasteiger partial charge on any atom is -0.306 e. The number of rotatable bonds is 1. The van der Waals surface area contributed by atoms with Crippen molar-refractivity contribution in [3.63, 3.8) is 0 Å². The molecule has 1 aliphatic carbocycles. The highest BCUT2D eigenvalue weighted by atomic mass is 19.4. The molecule has 0 radical (unpaired) electrons. The van der Waals surface area contributed by atoms with Gasteiger partial charge in [-0.05, 0) is 30.3 Å². The molecule has 1 heterocycles. The minimum atomic E-state index is -4.46. The summed E-state index contributed by atoms with van der Waals surface area (Å²) in [6, 6.07) is 18.2. The van der Waals surface area contributed by atoms with E-state index < -0.39 is 11.7 Å². The maximum absolute atomic E-state index is 13.3. The lowest BCUT2D eigenvalue weighted by molar-refractivity contribution is -0.137. The van der Waals surface area contributed by atoms with Gasteiger partial charge in [-0.25, -0.2) is 0 Å². The fourth-order valence-corrected chi connectivity index (χ4v) is 3.89. The van der Waals surface area contributed by atoms with Gasteiger partial charge in [0.25, 0.3) is 0 Å². The third-order valence-corrected chi connectivity index (χ3v) is 5.19. The van der Waals surface area contributed by atoms with Gasteiger partial charge >= 0.3 is 6.18 Å². The molecule has 0 bridgehead atoms. The van der Waals surface area contributed by atoms with Gasteiger partial charge in [0.2, 0.25) is 5.78 Å². The smallest absolute Gasteiger partial charge is 0.306 e. The number of hydrogen-bond acceptors (Lipinski definition) is 2. The maximum Gasteiger partial charge on any atom is 0.416 e. The molecule has 1 aromatic heterocycles. The Labute approximate surface area is 163 Å². The molecule has 0 saturated carbocycles. The molecule has 29 heavy (non-hydrogen) atoms. The van der Waals surface area contributed by atoms with Gasteiger partial charge in [0.15, 0.2) is 5.78 Å². The van der Waals surface area contributed by atoms with E-state index in [9.17, 15) is 22.8 Å². The number of alkyl halides is 3. The minimum absolute atomic E-state index is 0.176. The molecule has 142 valence electrons. The van der Waals surface area contributed by atoms with Crippen LogP contribution in [0, 0.1) is 0 Å². The lowest BCUT2D eigenvalue weighted by atomic mass is 9.87. The summed E-state index contributed by atoms with van der Waals surface area (Å²) < 4.78 is 40.5. The number of nitrogens with zero attached hydrogens (tertiary/aromatic N) is 1. The Balaban J connectivity index is 1.83. The van der Waals surface area contributed by atoms with Crippen molar-refractivity contribution >= 4 is 22.5 Å². The number of para-hydroxylation sites is 1. The van der Waals surface area contributed by atoms with Crippen LogP contribution in [0.25, 0.3) is 16.6 Å². The first kappa shape index (κ1) is 17.4. The lowest BCUT2D eigenvalue weighted by Gasteiger charge is -2.17. The van der Waals surface area contributed by atoms with Crippen molar-refractivity contribution in [2.45, 2.75) is 6.18 Å². The number of carbonyl (C=O) groups excluding carboxylic acids is 2. The van der Waals surface area contributed by atoms with E-state index in [1.54, 1.807) is 53.1 Å². The summed E-state index contributed by atoms with van der Waals surface area (Å²) in [6.45, 7) is 0. The van der Waals surface area contributed by atoms with Crippen molar-refractivity contribution in [3.8, 4) is 5.69 Å².